The molecule has 1 N–H and O–H groups in total. The second-order valence-electron chi connectivity index (χ2n) is 7.01. The molecule has 3 aliphatic rings. The minimum absolute atomic E-state index is 0.170. The Kier molecular flexibility index (Phi) is 4.39. The highest BCUT2D eigenvalue weighted by Gasteiger charge is 2.48. The molecule has 0 saturated carbocycles. The molecular formula is C18H21N3O6. The lowest BCUT2D eigenvalue weighted by Gasteiger charge is -2.28. The van der Waals surface area contributed by atoms with Gasteiger partial charge in [-0.3, -0.25) is 14.5 Å². The van der Waals surface area contributed by atoms with E-state index in [0.29, 0.717) is 37.8 Å². The van der Waals surface area contributed by atoms with Gasteiger partial charge in [0.15, 0.2) is 11.5 Å². The molecule has 27 heavy (non-hydrogen) atoms. The summed E-state index contributed by atoms with van der Waals surface area (Å²) in [4.78, 5) is 40.2. The first-order valence-corrected chi connectivity index (χ1v) is 8.84. The highest BCUT2D eigenvalue weighted by atomic mass is 16.7. The van der Waals surface area contributed by atoms with Crippen molar-refractivity contribution >= 4 is 17.8 Å². The quantitative estimate of drug-likeness (QED) is 0.751. The summed E-state index contributed by atoms with van der Waals surface area (Å²) in [7, 11) is 0. The number of ether oxygens (including phenoxy) is 3. The van der Waals surface area contributed by atoms with Crippen molar-refractivity contribution in [3.05, 3.63) is 23.8 Å². The van der Waals surface area contributed by atoms with Gasteiger partial charge in [-0.05, 0) is 24.6 Å². The average Bonchev–Trinajstić information content (AvgIpc) is 3.20. The standard InChI is InChI=1S/C18H21N3O6/c1-18(9-12-2-3-13-14(8-12)27-11-26-13)16(23)21(17(24)19-18)10-15(22)20-4-6-25-7-5-20/h2-3,8H,4-7,9-11H2,1H3,(H,19,24)/t18-/m0/s1. The van der Waals surface area contributed by atoms with Crippen molar-refractivity contribution in [1.82, 2.24) is 15.1 Å². The molecule has 0 unspecified atom stereocenters. The van der Waals surface area contributed by atoms with Crippen LogP contribution in [-0.4, -0.2) is 72.8 Å². The molecule has 144 valence electrons. The smallest absolute Gasteiger partial charge is 0.325 e. The minimum atomic E-state index is -1.12. The van der Waals surface area contributed by atoms with E-state index in [2.05, 4.69) is 5.32 Å². The van der Waals surface area contributed by atoms with Gasteiger partial charge in [-0.25, -0.2) is 4.79 Å². The first-order valence-electron chi connectivity index (χ1n) is 8.84. The zero-order valence-corrected chi connectivity index (χ0v) is 15.0. The fourth-order valence-corrected chi connectivity index (χ4v) is 3.52. The topological polar surface area (TPSA) is 97.4 Å². The summed E-state index contributed by atoms with van der Waals surface area (Å²) in [5.74, 6) is 0.608. The van der Waals surface area contributed by atoms with E-state index in [9.17, 15) is 14.4 Å². The maximum Gasteiger partial charge on any atom is 0.325 e. The Bertz CT molecular complexity index is 791. The van der Waals surface area contributed by atoms with Crippen molar-refractivity contribution in [1.29, 1.82) is 0 Å². The van der Waals surface area contributed by atoms with Crippen LogP contribution in [0.25, 0.3) is 0 Å². The molecule has 2 fully saturated rings. The Morgan fingerprint density at radius 2 is 1.93 bits per heavy atom. The minimum Gasteiger partial charge on any atom is -0.454 e. The maximum absolute atomic E-state index is 12.9. The number of urea groups is 1. The van der Waals surface area contributed by atoms with E-state index < -0.39 is 17.5 Å². The van der Waals surface area contributed by atoms with Crippen LogP contribution in [0.15, 0.2) is 18.2 Å². The third-order valence-corrected chi connectivity index (χ3v) is 5.00. The van der Waals surface area contributed by atoms with E-state index in [1.807, 2.05) is 6.07 Å². The molecule has 3 aliphatic heterocycles. The van der Waals surface area contributed by atoms with Crippen molar-refractivity contribution < 1.29 is 28.6 Å². The van der Waals surface area contributed by atoms with Gasteiger partial charge in [-0.15, -0.1) is 0 Å². The number of imide groups is 1. The second-order valence-corrected chi connectivity index (χ2v) is 7.01. The Balaban J connectivity index is 1.45. The number of morpholine rings is 1. The van der Waals surface area contributed by atoms with Crippen LogP contribution in [0.2, 0.25) is 0 Å². The summed E-state index contributed by atoms with van der Waals surface area (Å²) in [5, 5.41) is 2.72. The lowest BCUT2D eigenvalue weighted by Crippen LogP contribution is -2.48. The van der Waals surface area contributed by atoms with Crippen molar-refractivity contribution in [2.24, 2.45) is 0 Å². The van der Waals surface area contributed by atoms with Gasteiger partial charge >= 0.3 is 6.03 Å². The van der Waals surface area contributed by atoms with Crippen molar-refractivity contribution in [3.63, 3.8) is 0 Å². The van der Waals surface area contributed by atoms with Crippen LogP contribution < -0.4 is 14.8 Å². The molecule has 0 aromatic heterocycles. The summed E-state index contributed by atoms with van der Waals surface area (Å²) >= 11 is 0. The molecule has 2 saturated heterocycles. The Labute approximate surface area is 156 Å². The SMILES string of the molecule is C[C@@]1(Cc2ccc3c(c2)OCO3)NC(=O)N(CC(=O)N2CCOCC2)C1=O. The molecule has 1 aromatic rings. The van der Waals surface area contributed by atoms with E-state index in [1.54, 1.807) is 24.0 Å². The van der Waals surface area contributed by atoms with E-state index in [4.69, 9.17) is 14.2 Å². The summed E-state index contributed by atoms with van der Waals surface area (Å²) in [6.45, 7) is 3.44. The third-order valence-electron chi connectivity index (χ3n) is 5.00. The van der Waals surface area contributed by atoms with Crippen LogP contribution in [-0.2, 0) is 20.7 Å². The number of nitrogens with one attached hydrogen (secondary N) is 1. The van der Waals surface area contributed by atoms with Gasteiger partial charge < -0.3 is 24.4 Å². The Hall–Kier alpha value is -2.81. The van der Waals surface area contributed by atoms with Gasteiger partial charge in [0, 0.05) is 19.5 Å². The lowest BCUT2D eigenvalue weighted by atomic mass is 9.92. The number of benzene rings is 1. The lowest BCUT2D eigenvalue weighted by molar-refractivity contribution is -0.141. The van der Waals surface area contributed by atoms with E-state index >= 15 is 0 Å². The zero-order chi connectivity index (χ0) is 19.0. The van der Waals surface area contributed by atoms with Crippen LogP contribution in [0.3, 0.4) is 0 Å². The summed E-state index contributed by atoms with van der Waals surface area (Å²) in [5.41, 5.74) is -0.285. The summed E-state index contributed by atoms with van der Waals surface area (Å²) in [6.07, 6.45) is 0.288. The highest BCUT2D eigenvalue weighted by molar-refractivity contribution is 6.08. The van der Waals surface area contributed by atoms with Gasteiger partial charge in [0.25, 0.3) is 5.91 Å². The number of nitrogens with zero attached hydrogens (tertiary/aromatic N) is 2. The zero-order valence-electron chi connectivity index (χ0n) is 15.0. The molecule has 4 amide bonds. The normalized spacial score (nSPS) is 24.3. The molecule has 3 heterocycles. The number of amides is 4. The van der Waals surface area contributed by atoms with Crippen LogP contribution in [0, 0.1) is 0 Å². The number of hydrogen-bond donors (Lipinski definition) is 1. The first-order chi connectivity index (χ1) is 13.0. The molecule has 0 spiro atoms. The average molecular weight is 375 g/mol. The maximum atomic E-state index is 12.9. The third kappa shape index (κ3) is 3.30. The molecule has 9 nitrogen and oxygen atoms in total. The number of fused-ring (bicyclic) bond motifs is 1. The molecule has 9 heteroatoms. The predicted molar refractivity (Wildman–Crippen MR) is 92.3 cm³/mol. The van der Waals surface area contributed by atoms with Crippen molar-refractivity contribution in [2.45, 2.75) is 18.9 Å². The number of carbonyl (C=O) groups is 3. The summed E-state index contributed by atoms with van der Waals surface area (Å²) < 4.78 is 15.9. The van der Waals surface area contributed by atoms with Crippen LogP contribution in [0.4, 0.5) is 4.79 Å². The first kappa shape index (κ1) is 17.6. The Morgan fingerprint density at radius 1 is 1.19 bits per heavy atom. The predicted octanol–water partition coefficient (Wildman–Crippen LogP) is 0.127. The van der Waals surface area contributed by atoms with Gasteiger partial charge in [0.1, 0.15) is 12.1 Å². The second kappa shape index (κ2) is 6.73. The molecule has 0 aliphatic carbocycles. The molecule has 1 atom stereocenters. The van der Waals surface area contributed by atoms with Crippen molar-refractivity contribution in [2.75, 3.05) is 39.6 Å². The molecule has 1 aromatic carbocycles. The molecule has 4 rings (SSSR count). The fourth-order valence-electron chi connectivity index (χ4n) is 3.52. The number of carbonyl (C=O) groups excluding carboxylic acids is 3. The monoisotopic (exact) mass is 375 g/mol. The van der Waals surface area contributed by atoms with E-state index in [-0.39, 0.29) is 25.7 Å². The van der Waals surface area contributed by atoms with E-state index in [1.165, 1.54) is 0 Å². The molecular weight excluding hydrogens is 354 g/mol. The van der Waals surface area contributed by atoms with Crippen LogP contribution >= 0.6 is 0 Å². The number of rotatable bonds is 4. The molecule has 0 radical (unpaired) electrons. The van der Waals surface area contributed by atoms with E-state index in [0.717, 1.165) is 10.5 Å². The molecule has 0 bridgehead atoms. The largest absolute Gasteiger partial charge is 0.454 e. The van der Waals surface area contributed by atoms with Crippen LogP contribution in [0.1, 0.15) is 12.5 Å². The number of hydrogen-bond acceptors (Lipinski definition) is 6. The Morgan fingerprint density at radius 3 is 2.70 bits per heavy atom. The fraction of sp³-hybridized carbons (Fsp3) is 0.500. The van der Waals surface area contributed by atoms with Crippen LogP contribution in [0.5, 0.6) is 11.5 Å². The van der Waals surface area contributed by atoms with Gasteiger partial charge in [-0.1, -0.05) is 6.07 Å². The summed E-state index contributed by atoms with van der Waals surface area (Å²) in [6, 6.07) is 4.86. The van der Waals surface area contributed by atoms with Gasteiger partial charge in [0.2, 0.25) is 12.7 Å². The van der Waals surface area contributed by atoms with Crippen molar-refractivity contribution in [3.8, 4) is 11.5 Å². The van der Waals surface area contributed by atoms with Gasteiger partial charge in [-0.2, -0.15) is 0 Å². The highest BCUT2D eigenvalue weighted by Crippen LogP contribution is 2.34. The van der Waals surface area contributed by atoms with Gasteiger partial charge in [0.05, 0.1) is 13.2 Å².